The van der Waals surface area contributed by atoms with Gasteiger partial charge in [-0.2, -0.15) is 0 Å². The third-order valence-electron chi connectivity index (χ3n) is 5.01. The lowest BCUT2D eigenvalue weighted by Crippen LogP contribution is -2.14. The van der Waals surface area contributed by atoms with Gasteiger partial charge in [-0.25, -0.2) is 0 Å². The van der Waals surface area contributed by atoms with Gasteiger partial charge in [0.2, 0.25) is 0 Å². The number of rotatable bonds is 7. The maximum Gasteiger partial charge on any atom is 0.119 e. The fraction of sp³-hybridized carbons (Fsp3) is 0.636. The molecule has 0 aromatic heterocycles. The summed E-state index contributed by atoms with van der Waals surface area (Å²) >= 11 is 0. The predicted octanol–water partition coefficient (Wildman–Crippen LogP) is 6.21. The predicted molar refractivity (Wildman–Crippen MR) is 98.7 cm³/mol. The van der Waals surface area contributed by atoms with Gasteiger partial charge in [0.1, 0.15) is 5.75 Å². The standard InChI is InChI=1S/C22H32O/c1-3-5-8-19-11-13-20(14-12-19)9-6-7-10-21-15-17-22(18-16-21)23-4-2/h15-20H,3-6,8-9,11-14H2,1-2H3. The van der Waals surface area contributed by atoms with Gasteiger partial charge in [-0.15, -0.1) is 0 Å². The number of unbranched alkanes of at least 4 members (excludes halogenated alkanes) is 1. The van der Waals surface area contributed by atoms with Gasteiger partial charge >= 0.3 is 0 Å². The van der Waals surface area contributed by atoms with Crippen LogP contribution in [0.25, 0.3) is 0 Å². The largest absolute Gasteiger partial charge is 0.494 e. The van der Waals surface area contributed by atoms with Crippen molar-refractivity contribution >= 4 is 0 Å². The quantitative estimate of drug-likeness (QED) is 0.543. The lowest BCUT2D eigenvalue weighted by atomic mass is 9.78. The molecule has 1 aliphatic rings. The minimum Gasteiger partial charge on any atom is -0.494 e. The molecule has 0 unspecified atom stereocenters. The second-order valence-corrected chi connectivity index (χ2v) is 6.83. The first-order valence-electron chi connectivity index (χ1n) is 9.53. The molecule has 2 rings (SSSR count). The zero-order valence-corrected chi connectivity index (χ0v) is 14.9. The van der Waals surface area contributed by atoms with Gasteiger partial charge in [0.15, 0.2) is 0 Å². The second-order valence-electron chi connectivity index (χ2n) is 6.83. The smallest absolute Gasteiger partial charge is 0.119 e. The Balaban J connectivity index is 1.66. The van der Waals surface area contributed by atoms with Gasteiger partial charge in [-0.05, 0) is 49.4 Å². The summed E-state index contributed by atoms with van der Waals surface area (Å²) in [5.41, 5.74) is 1.09. The molecular formula is C22H32O. The van der Waals surface area contributed by atoms with Crippen LogP contribution in [0.3, 0.4) is 0 Å². The summed E-state index contributed by atoms with van der Waals surface area (Å²) in [5.74, 6) is 9.50. The molecule has 0 amide bonds. The van der Waals surface area contributed by atoms with Crippen molar-refractivity contribution in [3.05, 3.63) is 29.8 Å². The van der Waals surface area contributed by atoms with Crippen LogP contribution in [0.5, 0.6) is 5.75 Å². The molecule has 1 fully saturated rings. The van der Waals surface area contributed by atoms with Crippen LogP contribution in [0.4, 0.5) is 0 Å². The van der Waals surface area contributed by atoms with E-state index in [2.05, 4.69) is 30.9 Å². The highest BCUT2D eigenvalue weighted by molar-refractivity contribution is 5.38. The highest BCUT2D eigenvalue weighted by Crippen LogP contribution is 2.33. The maximum atomic E-state index is 5.45. The highest BCUT2D eigenvalue weighted by Gasteiger charge is 2.19. The summed E-state index contributed by atoms with van der Waals surface area (Å²) in [4.78, 5) is 0. The first-order chi connectivity index (χ1) is 11.3. The zero-order chi connectivity index (χ0) is 16.3. The Morgan fingerprint density at radius 3 is 2.22 bits per heavy atom. The Kier molecular flexibility index (Phi) is 8.08. The van der Waals surface area contributed by atoms with Crippen molar-refractivity contribution in [2.45, 2.75) is 71.6 Å². The summed E-state index contributed by atoms with van der Waals surface area (Å²) in [6.07, 6.45) is 12.3. The van der Waals surface area contributed by atoms with E-state index in [1.165, 1.54) is 51.4 Å². The normalized spacial score (nSPS) is 20.6. The van der Waals surface area contributed by atoms with Crippen LogP contribution in [-0.4, -0.2) is 6.61 Å². The molecule has 1 saturated carbocycles. The summed E-state index contributed by atoms with van der Waals surface area (Å²) in [7, 11) is 0. The van der Waals surface area contributed by atoms with E-state index >= 15 is 0 Å². The number of ether oxygens (including phenoxy) is 1. The Morgan fingerprint density at radius 1 is 0.957 bits per heavy atom. The van der Waals surface area contributed by atoms with Gasteiger partial charge in [0.05, 0.1) is 6.61 Å². The lowest BCUT2D eigenvalue weighted by Gasteiger charge is -2.28. The van der Waals surface area contributed by atoms with Crippen LogP contribution >= 0.6 is 0 Å². The Bertz CT molecular complexity index is 483. The molecule has 0 N–H and O–H groups in total. The molecule has 23 heavy (non-hydrogen) atoms. The van der Waals surface area contributed by atoms with Crippen LogP contribution in [0, 0.1) is 23.7 Å². The SMILES string of the molecule is CCCCC1CCC(CCC#Cc2ccc(OCC)cc2)CC1. The van der Waals surface area contributed by atoms with Crippen LogP contribution in [0.15, 0.2) is 24.3 Å². The number of hydrogen-bond donors (Lipinski definition) is 0. The van der Waals surface area contributed by atoms with E-state index in [-0.39, 0.29) is 0 Å². The topological polar surface area (TPSA) is 9.23 Å². The molecule has 0 radical (unpaired) electrons. The lowest BCUT2D eigenvalue weighted by molar-refractivity contribution is 0.251. The van der Waals surface area contributed by atoms with Crippen molar-refractivity contribution in [1.82, 2.24) is 0 Å². The monoisotopic (exact) mass is 312 g/mol. The van der Waals surface area contributed by atoms with Gasteiger partial charge < -0.3 is 4.74 Å². The van der Waals surface area contributed by atoms with Crippen molar-refractivity contribution in [3.8, 4) is 17.6 Å². The van der Waals surface area contributed by atoms with Crippen molar-refractivity contribution in [2.24, 2.45) is 11.8 Å². The first-order valence-corrected chi connectivity index (χ1v) is 9.53. The molecule has 0 saturated heterocycles. The third-order valence-corrected chi connectivity index (χ3v) is 5.01. The number of hydrogen-bond acceptors (Lipinski definition) is 1. The minimum absolute atomic E-state index is 0.714. The molecular weight excluding hydrogens is 280 g/mol. The molecule has 1 aromatic rings. The summed E-state index contributed by atoms with van der Waals surface area (Å²) in [5, 5.41) is 0. The number of benzene rings is 1. The third kappa shape index (κ3) is 6.69. The molecule has 1 heteroatoms. The second kappa shape index (κ2) is 10.4. The Labute approximate surface area is 142 Å². The molecule has 0 atom stereocenters. The average Bonchev–Trinajstić information content (AvgIpc) is 2.59. The van der Waals surface area contributed by atoms with Gasteiger partial charge in [-0.3, -0.25) is 0 Å². The molecule has 0 bridgehead atoms. The van der Waals surface area contributed by atoms with Crippen molar-refractivity contribution < 1.29 is 4.74 Å². The van der Waals surface area contributed by atoms with Crippen LogP contribution < -0.4 is 4.74 Å². The van der Waals surface area contributed by atoms with Gasteiger partial charge in [-0.1, -0.05) is 63.7 Å². The maximum absolute atomic E-state index is 5.45. The van der Waals surface area contributed by atoms with Crippen molar-refractivity contribution in [2.75, 3.05) is 6.61 Å². The molecule has 0 heterocycles. The molecule has 1 aliphatic carbocycles. The van der Waals surface area contributed by atoms with E-state index in [9.17, 15) is 0 Å². The molecule has 0 aliphatic heterocycles. The van der Waals surface area contributed by atoms with Gasteiger partial charge in [0.25, 0.3) is 0 Å². The van der Waals surface area contributed by atoms with E-state index in [4.69, 9.17) is 4.74 Å². The zero-order valence-electron chi connectivity index (χ0n) is 14.9. The average molecular weight is 312 g/mol. The van der Waals surface area contributed by atoms with E-state index in [1.807, 2.05) is 19.1 Å². The van der Waals surface area contributed by atoms with Crippen LogP contribution in [0.2, 0.25) is 0 Å². The Morgan fingerprint density at radius 2 is 1.61 bits per heavy atom. The molecule has 126 valence electrons. The van der Waals surface area contributed by atoms with E-state index in [0.29, 0.717) is 6.61 Å². The van der Waals surface area contributed by atoms with Gasteiger partial charge in [0, 0.05) is 12.0 Å². The van der Waals surface area contributed by atoms with Crippen molar-refractivity contribution in [3.63, 3.8) is 0 Å². The minimum atomic E-state index is 0.714. The molecule has 0 spiro atoms. The summed E-state index contributed by atoms with van der Waals surface area (Å²) in [6.45, 7) is 5.02. The fourth-order valence-corrected chi connectivity index (χ4v) is 3.54. The van der Waals surface area contributed by atoms with E-state index in [0.717, 1.165) is 29.6 Å². The summed E-state index contributed by atoms with van der Waals surface area (Å²) in [6, 6.07) is 8.12. The van der Waals surface area contributed by atoms with Crippen LogP contribution in [0.1, 0.15) is 77.2 Å². The fourth-order valence-electron chi connectivity index (χ4n) is 3.54. The van der Waals surface area contributed by atoms with Crippen LogP contribution in [-0.2, 0) is 0 Å². The van der Waals surface area contributed by atoms with Crippen molar-refractivity contribution in [1.29, 1.82) is 0 Å². The Hall–Kier alpha value is -1.42. The van der Waals surface area contributed by atoms with E-state index in [1.54, 1.807) is 0 Å². The first kappa shape index (κ1) is 17.9. The molecule has 1 nitrogen and oxygen atoms in total. The summed E-state index contributed by atoms with van der Waals surface area (Å²) < 4.78 is 5.45. The molecule has 1 aromatic carbocycles. The van der Waals surface area contributed by atoms with E-state index < -0.39 is 0 Å². The highest BCUT2D eigenvalue weighted by atomic mass is 16.5.